The number of nitrogens with one attached hydrogen (secondary N) is 1. The van der Waals surface area contributed by atoms with Crippen LogP contribution in [-0.4, -0.2) is 24.7 Å². The van der Waals surface area contributed by atoms with Crippen molar-refractivity contribution in [1.82, 2.24) is 5.32 Å². The minimum absolute atomic E-state index is 0.241. The van der Waals surface area contributed by atoms with Crippen LogP contribution >= 0.6 is 0 Å². The van der Waals surface area contributed by atoms with Crippen LogP contribution < -0.4 is 5.32 Å². The van der Waals surface area contributed by atoms with Gasteiger partial charge in [0.1, 0.15) is 5.75 Å². The Morgan fingerprint density at radius 1 is 1.47 bits per heavy atom. The third-order valence-electron chi connectivity index (χ3n) is 2.67. The van der Waals surface area contributed by atoms with Gasteiger partial charge in [-0.25, -0.2) is 4.79 Å². The van der Waals surface area contributed by atoms with Gasteiger partial charge in [0.15, 0.2) is 0 Å². The molecule has 2 N–H and O–H groups in total. The predicted octanol–water partition coefficient (Wildman–Crippen LogP) is 0.825. The lowest BCUT2D eigenvalue weighted by atomic mass is 9.94. The highest BCUT2D eigenvalue weighted by molar-refractivity contribution is 5.91. The number of carbonyl (C=O) groups excluding carboxylic acids is 1. The Kier molecular flexibility index (Phi) is 2.60. The second-order valence-corrected chi connectivity index (χ2v) is 3.51. The van der Waals surface area contributed by atoms with Gasteiger partial charge in [-0.1, -0.05) is 0 Å². The van der Waals surface area contributed by atoms with Crippen LogP contribution in [0.4, 0.5) is 0 Å². The summed E-state index contributed by atoms with van der Waals surface area (Å²) in [6.07, 6.45) is 0.744. The minimum atomic E-state index is -0.340. The van der Waals surface area contributed by atoms with Crippen molar-refractivity contribution in [3.8, 4) is 5.75 Å². The van der Waals surface area contributed by atoms with Crippen molar-refractivity contribution in [2.75, 3.05) is 13.7 Å². The van der Waals surface area contributed by atoms with E-state index in [1.165, 1.54) is 13.2 Å². The fourth-order valence-corrected chi connectivity index (χ4v) is 1.89. The lowest BCUT2D eigenvalue weighted by Crippen LogP contribution is -2.25. The fourth-order valence-electron chi connectivity index (χ4n) is 1.89. The van der Waals surface area contributed by atoms with Gasteiger partial charge >= 0.3 is 5.97 Å². The normalized spacial score (nSPS) is 14.5. The third-order valence-corrected chi connectivity index (χ3v) is 2.67. The fraction of sp³-hybridized carbons (Fsp3) is 0.364. The van der Waals surface area contributed by atoms with Crippen molar-refractivity contribution >= 4 is 5.97 Å². The van der Waals surface area contributed by atoms with E-state index in [1.807, 2.05) is 0 Å². The van der Waals surface area contributed by atoms with Crippen molar-refractivity contribution in [3.63, 3.8) is 0 Å². The zero-order chi connectivity index (χ0) is 10.8. The molecule has 0 spiro atoms. The van der Waals surface area contributed by atoms with Gasteiger partial charge in [-0.3, -0.25) is 0 Å². The number of benzene rings is 1. The van der Waals surface area contributed by atoms with Gasteiger partial charge in [-0.05, 0) is 30.7 Å². The molecule has 0 amide bonds. The number of ether oxygens (including phenoxy) is 1. The van der Waals surface area contributed by atoms with E-state index in [0.29, 0.717) is 12.1 Å². The maximum Gasteiger partial charge on any atom is 0.338 e. The van der Waals surface area contributed by atoms with Gasteiger partial charge in [0.05, 0.1) is 12.7 Å². The average Bonchev–Trinajstić information content (AvgIpc) is 2.29. The molecule has 80 valence electrons. The summed E-state index contributed by atoms with van der Waals surface area (Å²) >= 11 is 0. The van der Waals surface area contributed by atoms with Gasteiger partial charge in [-0.2, -0.15) is 0 Å². The van der Waals surface area contributed by atoms with Crippen LogP contribution in [0, 0.1) is 0 Å². The molecule has 0 bridgehead atoms. The number of aromatic hydroxyl groups is 1. The van der Waals surface area contributed by atoms with Crippen molar-refractivity contribution in [2.45, 2.75) is 13.0 Å². The molecule has 0 aliphatic carbocycles. The monoisotopic (exact) mass is 207 g/mol. The summed E-state index contributed by atoms with van der Waals surface area (Å²) in [5, 5.41) is 12.8. The standard InChI is InChI=1S/C11H13NO3/c1-15-11(14)8-2-3-10(13)9-6-12-5-4-7(8)9/h2-3,12-13H,4-6H2,1H3. The number of hydrogen-bond donors (Lipinski definition) is 2. The number of rotatable bonds is 1. The maximum absolute atomic E-state index is 11.5. The molecule has 1 aliphatic heterocycles. The summed E-state index contributed by atoms with van der Waals surface area (Å²) in [5.74, 6) is -0.0991. The quantitative estimate of drug-likeness (QED) is 0.669. The first-order valence-electron chi connectivity index (χ1n) is 4.87. The summed E-state index contributed by atoms with van der Waals surface area (Å²) in [7, 11) is 1.36. The third kappa shape index (κ3) is 1.68. The number of methoxy groups -OCH3 is 1. The van der Waals surface area contributed by atoms with Crippen LogP contribution in [0.1, 0.15) is 21.5 Å². The molecular weight excluding hydrogens is 194 g/mol. The topological polar surface area (TPSA) is 58.6 Å². The Hall–Kier alpha value is -1.55. The highest BCUT2D eigenvalue weighted by Crippen LogP contribution is 2.27. The number of esters is 1. The van der Waals surface area contributed by atoms with Crippen molar-refractivity contribution < 1.29 is 14.6 Å². The smallest absolute Gasteiger partial charge is 0.338 e. The van der Waals surface area contributed by atoms with E-state index < -0.39 is 0 Å². The Bertz CT molecular complexity index is 401. The SMILES string of the molecule is COC(=O)c1ccc(O)c2c1CCNC2. The van der Waals surface area contributed by atoms with Crippen molar-refractivity contribution in [3.05, 3.63) is 28.8 Å². The number of carbonyl (C=O) groups is 1. The molecule has 0 atom stereocenters. The molecule has 1 aliphatic rings. The van der Waals surface area contributed by atoms with Crippen LogP contribution in [-0.2, 0) is 17.7 Å². The Balaban J connectivity index is 2.52. The molecule has 0 radical (unpaired) electrons. The van der Waals surface area contributed by atoms with Crippen LogP contribution in [0.15, 0.2) is 12.1 Å². The van der Waals surface area contributed by atoms with E-state index in [4.69, 9.17) is 4.74 Å². The second kappa shape index (κ2) is 3.90. The molecule has 15 heavy (non-hydrogen) atoms. The first-order valence-corrected chi connectivity index (χ1v) is 4.87. The maximum atomic E-state index is 11.5. The lowest BCUT2D eigenvalue weighted by molar-refractivity contribution is 0.0599. The molecular formula is C11H13NO3. The van der Waals surface area contributed by atoms with E-state index >= 15 is 0 Å². The number of fused-ring (bicyclic) bond motifs is 1. The summed E-state index contributed by atoms with van der Waals surface area (Å²) < 4.78 is 4.70. The summed E-state index contributed by atoms with van der Waals surface area (Å²) in [4.78, 5) is 11.5. The molecule has 0 saturated carbocycles. The van der Waals surface area contributed by atoms with Gasteiger partial charge < -0.3 is 15.2 Å². The molecule has 1 aromatic carbocycles. The Morgan fingerprint density at radius 3 is 3.00 bits per heavy atom. The van der Waals surface area contributed by atoms with Crippen LogP contribution in [0.5, 0.6) is 5.75 Å². The van der Waals surface area contributed by atoms with Gasteiger partial charge in [0.2, 0.25) is 0 Å². The zero-order valence-corrected chi connectivity index (χ0v) is 8.54. The molecule has 4 heteroatoms. The highest BCUT2D eigenvalue weighted by atomic mass is 16.5. The molecule has 2 rings (SSSR count). The first-order chi connectivity index (χ1) is 7.24. The van der Waals surface area contributed by atoms with Crippen LogP contribution in [0.2, 0.25) is 0 Å². The number of phenols is 1. The van der Waals surface area contributed by atoms with E-state index in [1.54, 1.807) is 6.07 Å². The molecule has 1 heterocycles. The van der Waals surface area contributed by atoms with Crippen molar-refractivity contribution in [1.29, 1.82) is 0 Å². The number of phenolic OH excluding ortho intramolecular Hbond substituents is 1. The largest absolute Gasteiger partial charge is 0.508 e. The molecule has 1 aromatic rings. The molecule has 0 saturated heterocycles. The van der Waals surface area contributed by atoms with Crippen LogP contribution in [0.25, 0.3) is 0 Å². The zero-order valence-electron chi connectivity index (χ0n) is 8.54. The average molecular weight is 207 g/mol. The van der Waals surface area contributed by atoms with E-state index in [2.05, 4.69) is 5.32 Å². The summed E-state index contributed by atoms with van der Waals surface area (Å²) in [6.45, 7) is 1.42. The highest BCUT2D eigenvalue weighted by Gasteiger charge is 2.20. The van der Waals surface area contributed by atoms with Gasteiger partial charge in [0, 0.05) is 12.1 Å². The van der Waals surface area contributed by atoms with E-state index in [9.17, 15) is 9.90 Å². The lowest BCUT2D eigenvalue weighted by Gasteiger charge is -2.20. The van der Waals surface area contributed by atoms with Gasteiger partial charge in [-0.15, -0.1) is 0 Å². The summed E-state index contributed by atoms with van der Waals surface area (Å²) in [6, 6.07) is 3.16. The minimum Gasteiger partial charge on any atom is -0.508 e. The number of hydrogen-bond acceptors (Lipinski definition) is 4. The van der Waals surface area contributed by atoms with Gasteiger partial charge in [0.25, 0.3) is 0 Å². The Morgan fingerprint density at radius 2 is 2.27 bits per heavy atom. The van der Waals surface area contributed by atoms with Crippen LogP contribution in [0.3, 0.4) is 0 Å². The second-order valence-electron chi connectivity index (χ2n) is 3.51. The Labute approximate surface area is 87.9 Å². The predicted molar refractivity (Wildman–Crippen MR) is 54.9 cm³/mol. The molecule has 0 fully saturated rings. The van der Waals surface area contributed by atoms with E-state index in [-0.39, 0.29) is 11.7 Å². The van der Waals surface area contributed by atoms with E-state index in [0.717, 1.165) is 24.1 Å². The van der Waals surface area contributed by atoms with Crippen molar-refractivity contribution in [2.24, 2.45) is 0 Å². The first kappa shape index (κ1) is 9.98. The summed E-state index contributed by atoms with van der Waals surface area (Å²) in [5.41, 5.74) is 2.27. The molecule has 4 nitrogen and oxygen atoms in total. The molecule has 0 aromatic heterocycles. The molecule has 0 unspecified atom stereocenters.